The number of nitrogens with one attached hydrogen (secondary N) is 1. The van der Waals surface area contributed by atoms with Gasteiger partial charge in [0.2, 0.25) is 0 Å². The molecule has 0 unspecified atom stereocenters. The summed E-state index contributed by atoms with van der Waals surface area (Å²) in [6.07, 6.45) is 1.95. The number of aryl methyl sites for hydroxylation is 1. The molecular weight excluding hydrogens is 294 g/mol. The number of hydrogen-bond acceptors (Lipinski definition) is 2. The molecule has 0 atom stereocenters. The number of aromatic amines is 1. The van der Waals surface area contributed by atoms with Crippen LogP contribution in [0.15, 0.2) is 33.5 Å². The summed E-state index contributed by atoms with van der Waals surface area (Å²) in [6.45, 7) is 2.11. The summed E-state index contributed by atoms with van der Waals surface area (Å²) in [4.78, 5) is 14.8. The van der Waals surface area contributed by atoms with E-state index in [4.69, 9.17) is 0 Å². The average Bonchev–Trinajstić information content (AvgIpc) is 2.72. The van der Waals surface area contributed by atoms with E-state index in [1.54, 1.807) is 10.6 Å². The highest BCUT2D eigenvalue weighted by molar-refractivity contribution is 9.10. The second-order valence-corrected chi connectivity index (χ2v) is 5.21. The van der Waals surface area contributed by atoms with E-state index in [9.17, 15) is 4.79 Å². The van der Waals surface area contributed by atoms with Crippen LogP contribution in [0.3, 0.4) is 0 Å². The first-order valence-electron chi connectivity index (χ1n) is 5.89. The lowest BCUT2D eigenvalue weighted by Crippen LogP contribution is -2.09. The van der Waals surface area contributed by atoms with Gasteiger partial charge in [0.15, 0.2) is 0 Å². The lowest BCUT2D eigenvalue weighted by Gasteiger charge is -2.01. The van der Waals surface area contributed by atoms with Crippen molar-refractivity contribution in [1.29, 1.82) is 0 Å². The van der Waals surface area contributed by atoms with E-state index in [1.807, 2.05) is 18.2 Å². The fraction of sp³-hybridized carbons (Fsp3) is 0.231. The maximum Gasteiger partial charge on any atom is 0.259 e. The summed E-state index contributed by atoms with van der Waals surface area (Å²) in [6, 6.07) is 7.52. The molecule has 1 N–H and O–H groups in total. The molecule has 3 aromatic rings. The van der Waals surface area contributed by atoms with Crippen LogP contribution < -0.4 is 5.56 Å². The van der Waals surface area contributed by atoms with Gasteiger partial charge in [-0.05, 0) is 24.6 Å². The molecule has 0 aliphatic rings. The molecule has 0 saturated carbocycles. The lowest BCUT2D eigenvalue weighted by molar-refractivity contribution is 0.845. The van der Waals surface area contributed by atoms with Crippen molar-refractivity contribution in [2.45, 2.75) is 19.8 Å². The molecule has 0 bridgehead atoms. The minimum Gasteiger partial charge on any atom is -0.306 e. The third kappa shape index (κ3) is 1.75. The molecule has 0 amide bonds. The first kappa shape index (κ1) is 11.5. The van der Waals surface area contributed by atoms with Gasteiger partial charge >= 0.3 is 0 Å². The van der Waals surface area contributed by atoms with E-state index < -0.39 is 0 Å². The van der Waals surface area contributed by atoms with E-state index in [-0.39, 0.29) is 5.56 Å². The molecule has 92 valence electrons. The molecule has 2 aromatic heterocycles. The standard InChI is InChI=1S/C13H12BrN3O/c1-2-3-9-7-12-15-13(18)10-5-4-8(14)6-11(10)17(12)16-9/h4-7H,2-3H2,1H3,(H,15,18). The summed E-state index contributed by atoms with van der Waals surface area (Å²) in [5.41, 5.74) is 2.49. The fourth-order valence-corrected chi connectivity index (χ4v) is 2.49. The lowest BCUT2D eigenvalue weighted by atomic mass is 10.2. The normalized spacial score (nSPS) is 11.4. The third-order valence-corrected chi connectivity index (χ3v) is 3.43. The molecule has 0 fully saturated rings. The van der Waals surface area contributed by atoms with Crippen molar-refractivity contribution >= 4 is 32.5 Å². The highest BCUT2D eigenvalue weighted by Crippen LogP contribution is 2.18. The molecule has 0 aliphatic carbocycles. The van der Waals surface area contributed by atoms with Gasteiger partial charge in [-0.25, -0.2) is 4.52 Å². The van der Waals surface area contributed by atoms with Crippen molar-refractivity contribution in [3.05, 3.63) is 44.8 Å². The minimum atomic E-state index is -0.0760. The third-order valence-electron chi connectivity index (χ3n) is 2.94. The summed E-state index contributed by atoms with van der Waals surface area (Å²) >= 11 is 3.43. The Bertz CT molecular complexity index is 788. The van der Waals surface area contributed by atoms with Gasteiger partial charge in [-0.15, -0.1) is 0 Å². The monoisotopic (exact) mass is 305 g/mol. The van der Waals surface area contributed by atoms with Crippen LogP contribution in [0.4, 0.5) is 0 Å². The van der Waals surface area contributed by atoms with Gasteiger partial charge in [0.25, 0.3) is 5.56 Å². The number of nitrogens with zero attached hydrogens (tertiary/aromatic N) is 2. The molecule has 5 heteroatoms. The molecule has 0 aliphatic heterocycles. The maximum absolute atomic E-state index is 12.0. The van der Waals surface area contributed by atoms with Crippen LogP contribution in [-0.4, -0.2) is 14.6 Å². The van der Waals surface area contributed by atoms with Gasteiger partial charge in [-0.1, -0.05) is 29.3 Å². The van der Waals surface area contributed by atoms with Crippen molar-refractivity contribution in [3.8, 4) is 0 Å². The van der Waals surface area contributed by atoms with Gasteiger partial charge < -0.3 is 4.98 Å². The number of fused-ring (bicyclic) bond motifs is 3. The van der Waals surface area contributed by atoms with Crippen LogP contribution in [0, 0.1) is 0 Å². The van der Waals surface area contributed by atoms with Crippen molar-refractivity contribution in [3.63, 3.8) is 0 Å². The predicted molar refractivity (Wildman–Crippen MR) is 75.0 cm³/mol. The van der Waals surface area contributed by atoms with Crippen LogP contribution in [0.2, 0.25) is 0 Å². The number of halogens is 1. The molecule has 2 heterocycles. The number of H-pyrrole nitrogens is 1. The zero-order valence-corrected chi connectivity index (χ0v) is 11.5. The van der Waals surface area contributed by atoms with Gasteiger partial charge in [0.05, 0.1) is 16.6 Å². The zero-order valence-electron chi connectivity index (χ0n) is 9.90. The van der Waals surface area contributed by atoms with Gasteiger partial charge in [-0.2, -0.15) is 5.10 Å². The van der Waals surface area contributed by atoms with Crippen molar-refractivity contribution in [2.75, 3.05) is 0 Å². The van der Waals surface area contributed by atoms with Gasteiger partial charge in [0, 0.05) is 10.5 Å². The van der Waals surface area contributed by atoms with Crippen molar-refractivity contribution in [1.82, 2.24) is 14.6 Å². The summed E-state index contributed by atoms with van der Waals surface area (Å²) in [5.74, 6) is 0. The van der Waals surface area contributed by atoms with Crippen LogP contribution in [0.1, 0.15) is 19.0 Å². The minimum absolute atomic E-state index is 0.0760. The quantitative estimate of drug-likeness (QED) is 0.791. The van der Waals surface area contributed by atoms with E-state index >= 15 is 0 Å². The second kappa shape index (κ2) is 4.24. The number of hydrogen-bond donors (Lipinski definition) is 1. The Labute approximate surface area is 112 Å². The Morgan fingerprint density at radius 2 is 2.22 bits per heavy atom. The smallest absolute Gasteiger partial charge is 0.259 e. The molecule has 0 spiro atoms. The number of rotatable bonds is 2. The fourth-order valence-electron chi connectivity index (χ4n) is 2.14. The summed E-state index contributed by atoms with van der Waals surface area (Å²) in [5, 5.41) is 5.19. The van der Waals surface area contributed by atoms with Crippen molar-refractivity contribution in [2.24, 2.45) is 0 Å². The molecule has 0 radical (unpaired) electrons. The van der Waals surface area contributed by atoms with Crippen LogP contribution in [0.5, 0.6) is 0 Å². The van der Waals surface area contributed by atoms with E-state index in [1.165, 1.54) is 0 Å². The predicted octanol–water partition coefficient (Wildman–Crippen LogP) is 2.89. The molecule has 3 rings (SSSR count). The van der Waals surface area contributed by atoms with Gasteiger partial charge in [-0.3, -0.25) is 4.79 Å². The van der Waals surface area contributed by atoms with E-state index in [0.29, 0.717) is 5.39 Å². The van der Waals surface area contributed by atoms with Crippen LogP contribution in [0.25, 0.3) is 16.6 Å². The Morgan fingerprint density at radius 3 is 3.00 bits per heavy atom. The topological polar surface area (TPSA) is 50.2 Å². The van der Waals surface area contributed by atoms with Gasteiger partial charge in [0.1, 0.15) is 5.65 Å². The first-order chi connectivity index (χ1) is 8.69. The highest BCUT2D eigenvalue weighted by atomic mass is 79.9. The SMILES string of the molecule is CCCc1cc2[nH]c(=O)c3ccc(Br)cc3n2n1. The van der Waals surface area contributed by atoms with Crippen LogP contribution in [-0.2, 0) is 6.42 Å². The molecule has 4 nitrogen and oxygen atoms in total. The van der Waals surface area contributed by atoms with E-state index in [0.717, 1.165) is 34.2 Å². The largest absolute Gasteiger partial charge is 0.306 e. The molecule has 18 heavy (non-hydrogen) atoms. The molecular formula is C13H12BrN3O. The molecule has 1 aromatic carbocycles. The summed E-state index contributed by atoms with van der Waals surface area (Å²) in [7, 11) is 0. The van der Waals surface area contributed by atoms with Crippen molar-refractivity contribution < 1.29 is 0 Å². The Morgan fingerprint density at radius 1 is 1.39 bits per heavy atom. The Balaban J connectivity index is 2.42. The first-order valence-corrected chi connectivity index (χ1v) is 6.68. The Kier molecular flexibility index (Phi) is 2.70. The Hall–Kier alpha value is -1.62. The number of benzene rings is 1. The number of aromatic nitrogens is 3. The maximum atomic E-state index is 12.0. The summed E-state index contributed by atoms with van der Waals surface area (Å²) < 4.78 is 2.74. The zero-order chi connectivity index (χ0) is 12.7. The molecule has 0 saturated heterocycles. The average molecular weight is 306 g/mol. The second-order valence-electron chi connectivity index (χ2n) is 4.30. The van der Waals surface area contributed by atoms with E-state index in [2.05, 4.69) is 32.9 Å². The highest BCUT2D eigenvalue weighted by Gasteiger charge is 2.08. The van der Waals surface area contributed by atoms with Crippen LogP contribution >= 0.6 is 15.9 Å².